The fourth-order valence-electron chi connectivity index (χ4n) is 10.0. The zero-order valence-electron chi connectivity index (χ0n) is 85.3. The molecule has 1 aromatic rings. The Morgan fingerprint density at radius 1 is 0.315 bits per heavy atom. The highest BCUT2D eigenvalue weighted by Crippen LogP contribution is 2.37. The number of hydrogen-bond acceptors (Lipinski definition) is 48. The zero-order valence-corrected chi connectivity index (χ0v) is 95.6. The van der Waals surface area contributed by atoms with Crippen molar-refractivity contribution in [3.8, 4) is 0 Å². The highest BCUT2D eigenvalue weighted by molar-refractivity contribution is 8.16. The fraction of sp³-hybridized carbons (Fsp3) is 0.684. The van der Waals surface area contributed by atoms with E-state index in [0.717, 1.165) is 43.9 Å². The van der Waals surface area contributed by atoms with Gasteiger partial charge in [0, 0.05) is 122 Å². The lowest BCUT2D eigenvalue weighted by atomic mass is 9.89. The van der Waals surface area contributed by atoms with Crippen LogP contribution in [0, 0.1) is 52.8 Å². The van der Waals surface area contributed by atoms with Crippen molar-refractivity contribution < 1.29 is 172 Å². The molecule has 0 aromatic heterocycles. The van der Waals surface area contributed by atoms with Crippen LogP contribution in [0.4, 0.5) is 28.8 Å². The van der Waals surface area contributed by atoms with Gasteiger partial charge in [-0.1, -0.05) is 65.7 Å². The SMILES string of the molecule is C.CC(=O)OCOC(=O)SC(C)(C)C(=O)C[C@@H](CS)C(C)=O.CC(=O)[C@H](CS)CC(=O)C(C)(C)SC(=O)OCOC(=O)C(C)(C)C.CC(=O)[C@H](CS)CC(=O)C(C)(C)SC(=O)OCOC(=O)C(C)C.CC(=O)[C@H](CS)CC(=O)C(C)(C)SC(=O)OCOC(=O)C1CCCCC1.CC(=O)[C@H](CS)CC(=O)C(C)(C)SC(=O)OCOC(=O)c1ccccc1.CCC(=O)OCOC(=O)SC(C)(C)C(=O)C[C@@H](CS)C(C)=O. The number of ketones is 12. The van der Waals surface area contributed by atoms with Gasteiger partial charge in [0.15, 0.2) is 0 Å². The molecule has 6 atom stereocenters. The summed E-state index contributed by atoms with van der Waals surface area (Å²) >= 11 is 28.5. The third kappa shape index (κ3) is 65.5. The minimum Gasteiger partial charge on any atom is -0.428 e. The highest BCUT2D eigenvalue weighted by Gasteiger charge is 2.41. The average Bonchev–Trinajstić information content (AvgIpc) is 0.869. The summed E-state index contributed by atoms with van der Waals surface area (Å²) in [5.41, 5.74) is -0.350. The summed E-state index contributed by atoms with van der Waals surface area (Å²) in [6, 6.07) is 8.29. The molecule has 0 bridgehead atoms. The van der Waals surface area contributed by atoms with E-state index in [1.165, 1.54) is 48.5 Å². The number of ether oxygens (including phenoxy) is 12. The topological polar surface area (TPSA) is 520 Å². The van der Waals surface area contributed by atoms with Crippen LogP contribution in [-0.2, 0) is 138 Å². The first-order chi connectivity index (χ1) is 65.4. The molecule has 0 spiro atoms. The maximum atomic E-state index is 12.4. The van der Waals surface area contributed by atoms with E-state index in [0.29, 0.717) is 64.4 Å². The summed E-state index contributed by atoms with van der Waals surface area (Å²) in [5.74, 6) is -6.68. The van der Waals surface area contributed by atoms with Crippen molar-refractivity contribution in [3.63, 3.8) is 0 Å². The van der Waals surface area contributed by atoms with Gasteiger partial charge in [-0.05, 0) is 241 Å². The molecular formula is C95H146O36S12. The van der Waals surface area contributed by atoms with E-state index in [9.17, 15) is 115 Å². The van der Waals surface area contributed by atoms with E-state index in [2.05, 4.69) is 90.0 Å². The van der Waals surface area contributed by atoms with Gasteiger partial charge in [0.2, 0.25) is 40.8 Å². The van der Waals surface area contributed by atoms with Crippen LogP contribution < -0.4 is 0 Å². The lowest BCUT2D eigenvalue weighted by molar-refractivity contribution is -0.161. The molecule has 1 aromatic carbocycles. The predicted molar refractivity (Wildman–Crippen MR) is 570 cm³/mol. The maximum Gasteiger partial charge on any atom is 0.371 e. The lowest BCUT2D eigenvalue weighted by Crippen LogP contribution is -2.33. The molecule has 48 heteroatoms. The molecule has 1 aliphatic rings. The van der Waals surface area contributed by atoms with Crippen LogP contribution in [0.3, 0.4) is 0 Å². The summed E-state index contributed by atoms with van der Waals surface area (Å²) in [6.07, 6.45) is 5.10. The van der Waals surface area contributed by atoms with Crippen molar-refractivity contribution in [2.24, 2.45) is 52.8 Å². The predicted octanol–water partition coefficient (Wildman–Crippen LogP) is 19.0. The summed E-state index contributed by atoms with van der Waals surface area (Å²) in [5, 5.41) is -4.31. The number of Topliss-reactive ketones (excluding diaryl/α,β-unsaturated/α-hetero) is 12. The molecule has 36 nitrogen and oxygen atoms in total. The van der Waals surface area contributed by atoms with Crippen molar-refractivity contribution in [1.29, 1.82) is 0 Å². The Labute approximate surface area is 898 Å². The van der Waals surface area contributed by atoms with Crippen molar-refractivity contribution in [2.45, 2.75) is 286 Å². The standard InChI is InChI=1S/C18H28O6S2.C18H22O6S2.C16H26O6S2.C15H24O6S2.C14H22O6S2.C13H20O6S2.CH4/c2*1-12(19)14(10-25)9-15(20)18(2,3)26-17(22)24-11-23-16(21)13-7-5-4-6-8-13;1-10(17)11(8-23)7-12(18)16(5,6)24-14(20)22-9-21-13(19)15(2,3)4;1-9(2)13(18)20-8-21-14(19)23-15(4,5)12(17)6-11(7-22)10(3)16;1-5-12(17)19-8-20-13(18)22-14(3,4)11(16)6-10(7-21)9(2)15;1-8(14)10(6-20)5-11(16)13(3,4)21-12(17)19-7-18-9(2)15;/h13-14,25H,4-11H2,1-3H3;4-8,14,25H,9-11H2,1-3H3;11,23H,7-9H2,1-6H3;9,11,22H,6-8H2,1-5H3;10,21H,5-8H2,1-4H3;10,20H,5-7H2,1-4H3;1H4/t2*14-;2*11-;2*10-;/m000000./s1. The quantitative estimate of drug-likeness (QED) is 0.0153. The van der Waals surface area contributed by atoms with E-state index in [1.54, 1.807) is 155 Å². The summed E-state index contributed by atoms with van der Waals surface area (Å²) in [7, 11) is 0. The van der Waals surface area contributed by atoms with Gasteiger partial charge >= 0.3 is 67.6 Å². The Bertz CT molecular complexity index is 4380. The van der Waals surface area contributed by atoms with Crippen LogP contribution in [0.5, 0.6) is 0 Å². The number of carbonyl (C=O) groups excluding carboxylic acids is 24. The molecule has 0 unspecified atom stereocenters. The van der Waals surface area contributed by atoms with Gasteiger partial charge in [0.05, 0.1) is 51.3 Å². The van der Waals surface area contributed by atoms with Gasteiger partial charge in [0.1, 0.15) is 69.4 Å². The summed E-state index contributed by atoms with van der Waals surface area (Å²) in [4.78, 5) is 280. The molecule has 814 valence electrons. The number of rotatable bonds is 52. The Morgan fingerprint density at radius 2 is 0.545 bits per heavy atom. The van der Waals surface area contributed by atoms with E-state index < -0.39 is 172 Å². The molecule has 0 aliphatic heterocycles. The second kappa shape index (κ2) is 74.1. The summed E-state index contributed by atoms with van der Waals surface area (Å²) in [6.45, 7) is 35.7. The molecule has 1 fully saturated rings. The molecule has 143 heavy (non-hydrogen) atoms. The van der Waals surface area contributed by atoms with Crippen molar-refractivity contribution in [1.82, 2.24) is 0 Å². The first kappa shape index (κ1) is 145. The van der Waals surface area contributed by atoms with Gasteiger partial charge in [0.25, 0.3) is 0 Å². The number of thioether (sulfide) groups is 6. The van der Waals surface area contributed by atoms with Crippen LogP contribution >= 0.6 is 146 Å². The molecule has 0 amide bonds. The average molecular weight is 2250 g/mol. The van der Waals surface area contributed by atoms with Gasteiger partial charge in [-0.15, -0.1) is 0 Å². The highest BCUT2D eigenvalue weighted by atomic mass is 32.2. The zero-order chi connectivity index (χ0) is 111. The van der Waals surface area contributed by atoms with Gasteiger partial charge in [-0.3, -0.25) is 81.5 Å². The molecule has 1 aliphatic carbocycles. The minimum atomic E-state index is -1.07. The first-order valence-corrected chi connectivity index (χ1v) is 53.1. The van der Waals surface area contributed by atoms with Gasteiger partial charge < -0.3 is 56.8 Å². The smallest absolute Gasteiger partial charge is 0.371 e. The lowest BCUT2D eigenvalue weighted by Gasteiger charge is -2.23. The molecule has 2 rings (SSSR count). The molecular weight excluding hydrogens is 2100 g/mol. The Hall–Kier alpha value is -6.90. The minimum absolute atomic E-state index is 0. The normalized spacial score (nSPS) is 13.2. The maximum absolute atomic E-state index is 12.4. The van der Waals surface area contributed by atoms with Gasteiger partial charge in [-0.2, -0.15) is 75.8 Å². The molecule has 0 radical (unpaired) electrons. The van der Waals surface area contributed by atoms with Crippen molar-refractivity contribution in [2.75, 3.05) is 75.3 Å². The van der Waals surface area contributed by atoms with E-state index in [1.807, 2.05) is 0 Å². The van der Waals surface area contributed by atoms with E-state index in [-0.39, 0.29) is 174 Å². The molecule has 0 heterocycles. The summed E-state index contributed by atoms with van der Waals surface area (Å²) < 4.78 is 51.0. The monoisotopic (exact) mass is 2250 g/mol. The first-order valence-electron chi connectivity index (χ1n) is 44.4. The number of thiol groups is 6. The third-order valence-corrected chi connectivity index (χ3v) is 28.8. The van der Waals surface area contributed by atoms with Crippen LogP contribution in [0.2, 0.25) is 0 Å². The molecule has 0 saturated heterocycles. The van der Waals surface area contributed by atoms with Crippen LogP contribution in [-0.4, -0.2) is 241 Å². The number of carbonyl (C=O) groups is 24. The number of esters is 6. The number of benzene rings is 1. The Morgan fingerprint density at radius 3 is 0.769 bits per heavy atom. The third-order valence-electron chi connectivity index (χ3n) is 20.1. The Balaban J connectivity index is -0.000000533. The largest absolute Gasteiger partial charge is 0.428 e. The van der Waals surface area contributed by atoms with E-state index in [4.69, 9.17) is 42.6 Å². The van der Waals surface area contributed by atoms with Gasteiger partial charge in [-0.25, -0.2) is 33.6 Å². The number of hydrogen-bond donors (Lipinski definition) is 6. The molecule has 1 saturated carbocycles. The van der Waals surface area contributed by atoms with Crippen molar-refractivity contribution >= 4 is 283 Å². The molecule has 0 N–H and O–H groups in total. The fourth-order valence-corrected chi connectivity index (χ4v) is 16.7. The second-order valence-corrected chi connectivity index (χ2v) is 47.4. The van der Waals surface area contributed by atoms with Crippen LogP contribution in [0.15, 0.2) is 30.3 Å². The van der Waals surface area contributed by atoms with Crippen molar-refractivity contribution in [3.05, 3.63) is 35.9 Å². The van der Waals surface area contributed by atoms with E-state index >= 15 is 0 Å². The second-order valence-electron chi connectivity index (χ2n) is 35.9. The van der Waals surface area contributed by atoms with Crippen LogP contribution in [0.25, 0.3) is 0 Å². The van der Waals surface area contributed by atoms with Crippen LogP contribution in [0.1, 0.15) is 268 Å². The Kier molecular flexibility index (Phi) is 74.9.